The third-order valence-corrected chi connectivity index (χ3v) is 2.01. The monoisotopic (exact) mass is 298 g/mol. The van der Waals surface area contributed by atoms with E-state index in [9.17, 15) is 9.59 Å². The van der Waals surface area contributed by atoms with Gasteiger partial charge in [0.2, 0.25) is 11.6 Å². The first-order chi connectivity index (χ1) is 5.07. The van der Waals surface area contributed by atoms with Crippen molar-refractivity contribution in [2.45, 2.75) is 36.3 Å². The van der Waals surface area contributed by atoms with Gasteiger partial charge in [-0.05, 0) is 27.7 Å². The van der Waals surface area contributed by atoms with Crippen LogP contribution in [0.4, 0.5) is 0 Å². The molecule has 2 nitrogen and oxygen atoms in total. The lowest BCUT2D eigenvalue weighted by molar-refractivity contribution is -0.138. The molecule has 0 saturated carbocycles. The smallest absolute Gasteiger partial charge is 0.215 e. The maximum absolute atomic E-state index is 11.4. The molecule has 0 atom stereocenters. The molecule has 0 N–H and O–H groups in total. The molecule has 0 aromatic carbocycles. The van der Waals surface area contributed by atoms with Crippen molar-refractivity contribution >= 4 is 43.4 Å². The van der Waals surface area contributed by atoms with E-state index in [0.717, 1.165) is 0 Å². The highest BCUT2D eigenvalue weighted by Crippen LogP contribution is 2.24. The summed E-state index contributed by atoms with van der Waals surface area (Å²) in [5.41, 5.74) is 0. The van der Waals surface area contributed by atoms with Gasteiger partial charge in [0, 0.05) is 0 Å². The summed E-state index contributed by atoms with van der Waals surface area (Å²) in [5, 5.41) is 0. The lowest BCUT2D eigenvalue weighted by Gasteiger charge is -2.19. The zero-order chi connectivity index (χ0) is 10.2. The highest BCUT2D eigenvalue weighted by molar-refractivity contribution is 9.10. The van der Waals surface area contributed by atoms with Gasteiger partial charge in [-0.3, -0.25) is 9.59 Å². The number of alkyl halides is 2. The topological polar surface area (TPSA) is 34.1 Å². The molecule has 0 rings (SSSR count). The van der Waals surface area contributed by atoms with Crippen molar-refractivity contribution in [3.8, 4) is 0 Å². The third kappa shape index (κ3) is 3.35. The highest BCUT2D eigenvalue weighted by Gasteiger charge is 2.37. The van der Waals surface area contributed by atoms with E-state index in [1.165, 1.54) is 0 Å². The fourth-order valence-corrected chi connectivity index (χ4v) is 0.900. The van der Waals surface area contributed by atoms with Crippen molar-refractivity contribution in [1.29, 1.82) is 0 Å². The molecular formula is C8H12Br2O2. The maximum Gasteiger partial charge on any atom is 0.215 e. The summed E-state index contributed by atoms with van der Waals surface area (Å²) in [6.07, 6.45) is 0. The summed E-state index contributed by atoms with van der Waals surface area (Å²) in [7, 11) is 0. The number of carbonyl (C=O) groups excluding carboxylic acids is 2. The SMILES string of the molecule is CC(C)(Br)C(=O)C(=O)C(C)(C)Br. The molecule has 0 spiro atoms. The van der Waals surface area contributed by atoms with E-state index in [4.69, 9.17) is 0 Å². The van der Waals surface area contributed by atoms with Crippen LogP contribution in [-0.4, -0.2) is 20.2 Å². The number of rotatable bonds is 3. The molecule has 4 heteroatoms. The average Bonchev–Trinajstić information content (AvgIpc) is 1.80. The molecule has 0 heterocycles. The second-order valence-electron chi connectivity index (χ2n) is 3.60. The lowest BCUT2D eigenvalue weighted by Crippen LogP contribution is -2.40. The number of Topliss-reactive ketones (excluding diaryl/α,β-unsaturated/α-hetero) is 2. The van der Waals surface area contributed by atoms with Gasteiger partial charge in [-0.25, -0.2) is 0 Å². The van der Waals surface area contributed by atoms with Crippen molar-refractivity contribution in [2.24, 2.45) is 0 Å². The minimum Gasteiger partial charge on any atom is -0.289 e. The van der Waals surface area contributed by atoms with Gasteiger partial charge in [0.05, 0.1) is 8.65 Å². The minimum absolute atomic E-state index is 0.413. The Hall–Kier alpha value is 0.300. The number of hydrogen-bond donors (Lipinski definition) is 0. The number of carbonyl (C=O) groups is 2. The number of halogens is 2. The van der Waals surface area contributed by atoms with E-state index >= 15 is 0 Å². The van der Waals surface area contributed by atoms with Crippen molar-refractivity contribution < 1.29 is 9.59 Å². The Bertz CT molecular complexity index is 184. The molecule has 0 unspecified atom stereocenters. The van der Waals surface area contributed by atoms with E-state index in [-0.39, 0.29) is 0 Å². The van der Waals surface area contributed by atoms with Crippen LogP contribution in [0.15, 0.2) is 0 Å². The van der Waals surface area contributed by atoms with Gasteiger partial charge in [0.25, 0.3) is 0 Å². The van der Waals surface area contributed by atoms with Crippen LogP contribution in [0.2, 0.25) is 0 Å². The summed E-state index contributed by atoms with van der Waals surface area (Å²) in [6, 6.07) is 0. The van der Waals surface area contributed by atoms with Crippen molar-refractivity contribution in [3.05, 3.63) is 0 Å². The Kier molecular flexibility index (Phi) is 3.67. The summed E-state index contributed by atoms with van der Waals surface area (Å²) in [6.45, 7) is 6.63. The molecule has 12 heavy (non-hydrogen) atoms. The van der Waals surface area contributed by atoms with E-state index in [0.29, 0.717) is 0 Å². The zero-order valence-corrected chi connectivity index (χ0v) is 10.7. The molecule has 0 fully saturated rings. The second kappa shape index (κ2) is 3.58. The van der Waals surface area contributed by atoms with Crippen LogP contribution >= 0.6 is 31.9 Å². The summed E-state index contributed by atoms with van der Waals surface area (Å²) >= 11 is 6.29. The van der Waals surface area contributed by atoms with Gasteiger partial charge in [0.15, 0.2) is 0 Å². The van der Waals surface area contributed by atoms with Gasteiger partial charge in [-0.1, -0.05) is 31.9 Å². The molecule has 0 bridgehead atoms. The van der Waals surface area contributed by atoms with Gasteiger partial charge in [-0.15, -0.1) is 0 Å². The van der Waals surface area contributed by atoms with E-state index in [1.807, 2.05) is 0 Å². The second-order valence-corrected chi connectivity index (χ2v) is 7.57. The van der Waals surface area contributed by atoms with Gasteiger partial charge >= 0.3 is 0 Å². The molecule has 0 aliphatic rings. The van der Waals surface area contributed by atoms with Crippen LogP contribution in [0.1, 0.15) is 27.7 Å². The molecule has 0 saturated heterocycles. The maximum atomic E-state index is 11.4. The first-order valence-corrected chi connectivity index (χ1v) is 5.12. The zero-order valence-electron chi connectivity index (χ0n) is 7.57. The first-order valence-electron chi connectivity index (χ1n) is 3.54. The number of hydrogen-bond acceptors (Lipinski definition) is 2. The molecule has 0 aliphatic carbocycles. The predicted octanol–water partition coefficient (Wildman–Crippen LogP) is 2.47. The van der Waals surface area contributed by atoms with Crippen LogP contribution in [0.25, 0.3) is 0 Å². The molecule has 0 radical (unpaired) electrons. The van der Waals surface area contributed by atoms with Crippen LogP contribution < -0.4 is 0 Å². The standard InChI is InChI=1S/C8H12Br2O2/c1-7(2,9)5(11)6(12)8(3,4)10/h1-4H3. The first kappa shape index (κ1) is 12.3. The molecule has 70 valence electrons. The molecule has 0 amide bonds. The van der Waals surface area contributed by atoms with Gasteiger partial charge in [-0.2, -0.15) is 0 Å². The average molecular weight is 300 g/mol. The van der Waals surface area contributed by atoms with Gasteiger partial charge < -0.3 is 0 Å². The summed E-state index contributed by atoms with van der Waals surface area (Å²) in [5.74, 6) is -0.825. The van der Waals surface area contributed by atoms with E-state index in [1.54, 1.807) is 27.7 Å². The van der Waals surface area contributed by atoms with Gasteiger partial charge in [0.1, 0.15) is 0 Å². The summed E-state index contributed by atoms with van der Waals surface area (Å²) < 4.78 is -1.54. The largest absolute Gasteiger partial charge is 0.289 e. The fourth-order valence-electron chi connectivity index (χ4n) is 0.540. The Morgan fingerprint density at radius 2 is 1.00 bits per heavy atom. The predicted molar refractivity (Wildman–Crippen MR) is 56.0 cm³/mol. The highest BCUT2D eigenvalue weighted by atomic mass is 79.9. The Labute approximate surface area is 89.4 Å². The molecule has 0 aliphatic heterocycles. The Morgan fingerprint density at radius 3 is 1.08 bits per heavy atom. The molecule has 0 aromatic rings. The molecule has 0 aromatic heterocycles. The van der Waals surface area contributed by atoms with Crippen LogP contribution in [0.3, 0.4) is 0 Å². The quantitative estimate of drug-likeness (QED) is 0.593. The lowest BCUT2D eigenvalue weighted by atomic mass is 9.97. The Balaban J connectivity index is 4.66. The van der Waals surface area contributed by atoms with Crippen molar-refractivity contribution in [3.63, 3.8) is 0 Å². The normalized spacial score (nSPS) is 12.8. The number of ketones is 2. The third-order valence-electron chi connectivity index (χ3n) is 1.29. The summed E-state index contributed by atoms with van der Waals surface area (Å²) in [4.78, 5) is 22.8. The van der Waals surface area contributed by atoms with Crippen molar-refractivity contribution in [2.75, 3.05) is 0 Å². The van der Waals surface area contributed by atoms with Crippen LogP contribution in [0.5, 0.6) is 0 Å². The molecular weight excluding hydrogens is 288 g/mol. The van der Waals surface area contributed by atoms with Crippen LogP contribution in [-0.2, 0) is 9.59 Å². The van der Waals surface area contributed by atoms with E-state index < -0.39 is 20.2 Å². The van der Waals surface area contributed by atoms with Crippen molar-refractivity contribution in [1.82, 2.24) is 0 Å². The van der Waals surface area contributed by atoms with E-state index in [2.05, 4.69) is 31.9 Å². The Morgan fingerprint density at radius 1 is 0.833 bits per heavy atom. The fraction of sp³-hybridized carbons (Fsp3) is 0.750. The minimum atomic E-state index is -0.769. The van der Waals surface area contributed by atoms with Crippen LogP contribution in [0, 0.1) is 0 Å².